The number of aromatic nitrogens is 3. The number of carbonyl (C=O) groups excluding carboxylic acids is 1. The Morgan fingerprint density at radius 2 is 1.95 bits per heavy atom. The van der Waals surface area contributed by atoms with Gasteiger partial charge >= 0.3 is 6.18 Å². The number of benzene rings is 2. The lowest BCUT2D eigenvalue weighted by Crippen LogP contribution is -2.32. The molecule has 3 aromatic rings. The first-order chi connectivity index (χ1) is 17.2. The zero-order valence-corrected chi connectivity index (χ0v) is 20.9. The number of nitrogens with zero attached hydrogens (tertiary/aromatic N) is 3. The van der Waals surface area contributed by atoms with Gasteiger partial charge in [0.15, 0.2) is 22.7 Å². The molecule has 1 amide bonds. The van der Waals surface area contributed by atoms with Crippen LogP contribution in [-0.2, 0) is 4.93 Å². The van der Waals surface area contributed by atoms with Crippen molar-refractivity contribution in [3.05, 3.63) is 58.4 Å². The zero-order valence-electron chi connectivity index (χ0n) is 19.3. The monoisotopic (exact) mass is 562 g/mol. The molecule has 1 aliphatic rings. The van der Waals surface area contributed by atoms with Crippen molar-refractivity contribution in [2.75, 3.05) is 5.32 Å². The number of carbonyl (C=O) groups is 1. The molecule has 2 atom stereocenters. The molecule has 14 heteroatoms. The van der Waals surface area contributed by atoms with Gasteiger partial charge in [0.25, 0.3) is 5.91 Å². The fraction of sp³-hybridized carbons (Fsp3) is 0.348. The highest BCUT2D eigenvalue weighted by Crippen LogP contribution is 2.40. The van der Waals surface area contributed by atoms with Crippen molar-refractivity contribution in [1.29, 1.82) is 0 Å². The summed E-state index contributed by atoms with van der Waals surface area (Å²) in [7, 11) is 0. The molecule has 0 bridgehead atoms. The van der Waals surface area contributed by atoms with Crippen LogP contribution in [0.25, 0.3) is 11.4 Å². The van der Waals surface area contributed by atoms with Crippen molar-refractivity contribution in [2.24, 2.45) is 0 Å². The Bertz CT molecular complexity index is 1340. The van der Waals surface area contributed by atoms with Crippen LogP contribution in [0.15, 0.2) is 30.3 Å². The van der Waals surface area contributed by atoms with E-state index >= 15 is 4.39 Å². The molecule has 0 saturated heterocycles. The second-order valence-electron chi connectivity index (χ2n) is 8.64. The predicted octanol–water partition coefficient (Wildman–Crippen LogP) is 5.89. The van der Waals surface area contributed by atoms with Crippen LogP contribution >= 0.6 is 24.2 Å². The minimum absolute atomic E-state index is 0.00914. The van der Waals surface area contributed by atoms with Crippen LogP contribution in [-0.4, -0.2) is 38.1 Å². The Kier molecular flexibility index (Phi) is 7.16. The highest BCUT2D eigenvalue weighted by Gasteiger charge is 2.39. The molecular weight excluding hydrogens is 543 g/mol. The van der Waals surface area contributed by atoms with Crippen molar-refractivity contribution in [3.63, 3.8) is 0 Å². The van der Waals surface area contributed by atoms with Gasteiger partial charge in [0, 0.05) is 0 Å². The van der Waals surface area contributed by atoms with E-state index in [0.29, 0.717) is 13.0 Å². The van der Waals surface area contributed by atoms with Crippen molar-refractivity contribution >= 4 is 35.8 Å². The van der Waals surface area contributed by atoms with Crippen LogP contribution in [0.2, 0.25) is 5.02 Å². The molecule has 4 rings (SSSR count). The fourth-order valence-corrected chi connectivity index (χ4v) is 3.75. The van der Waals surface area contributed by atoms with Crippen LogP contribution < -0.4 is 10.1 Å². The summed E-state index contributed by atoms with van der Waals surface area (Å²) in [5.41, 5.74) is -1.48. The van der Waals surface area contributed by atoms with Crippen molar-refractivity contribution in [3.8, 4) is 17.1 Å². The molecule has 1 heterocycles. The zero-order chi connectivity index (χ0) is 27.3. The van der Waals surface area contributed by atoms with Gasteiger partial charge in [-0.3, -0.25) is 4.79 Å². The van der Waals surface area contributed by atoms with E-state index in [9.17, 15) is 27.5 Å². The van der Waals surface area contributed by atoms with E-state index in [1.807, 2.05) is 0 Å². The Morgan fingerprint density at radius 1 is 1.27 bits per heavy atom. The molecule has 198 valence electrons. The summed E-state index contributed by atoms with van der Waals surface area (Å²) in [6.07, 6.45) is -5.74. The van der Waals surface area contributed by atoms with E-state index in [1.54, 1.807) is 0 Å². The van der Waals surface area contributed by atoms with Gasteiger partial charge in [0.1, 0.15) is 17.4 Å². The molecule has 0 radical (unpaired) electrons. The lowest BCUT2D eigenvalue weighted by Gasteiger charge is -2.20. The van der Waals surface area contributed by atoms with E-state index in [-0.39, 0.29) is 28.3 Å². The Morgan fingerprint density at radius 3 is 2.51 bits per heavy atom. The van der Waals surface area contributed by atoms with Gasteiger partial charge in [-0.05, 0) is 51.0 Å². The van der Waals surface area contributed by atoms with Crippen LogP contribution in [0.1, 0.15) is 48.9 Å². The van der Waals surface area contributed by atoms with Gasteiger partial charge in [-0.1, -0.05) is 17.7 Å². The third-order valence-electron chi connectivity index (χ3n) is 5.47. The molecule has 0 spiro atoms. The maximum atomic E-state index is 15.3. The lowest BCUT2D eigenvalue weighted by molar-refractivity contribution is -0.189. The standard InChI is InChI=1S/C23H20ClF5N4O3S/c1-10(23(27,28)29)36-17-9-12(19-31-21(22(2,35)37)33(32-19)11-6-7-11)16(26)8-13(17)20(34)30-18-14(24)4-3-5-15(18)25/h3-5,8-11,35,37H,6-7H2,1-2H3,(H,30,34)/t10-,22-/m0/s1. The normalized spacial score (nSPS) is 16.3. The number of thiol groups is 1. The number of anilines is 1. The summed E-state index contributed by atoms with van der Waals surface area (Å²) in [5, 5.41) is 16.5. The first kappa shape index (κ1) is 27.1. The highest BCUT2D eigenvalue weighted by molar-refractivity contribution is 7.81. The fourth-order valence-electron chi connectivity index (χ4n) is 3.39. The van der Waals surface area contributed by atoms with Crippen LogP contribution in [0, 0.1) is 11.6 Å². The highest BCUT2D eigenvalue weighted by atomic mass is 35.5. The lowest BCUT2D eigenvalue weighted by atomic mass is 10.1. The largest absolute Gasteiger partial charge is 0.480 e. The molecule has 7 nitrogen and oxygen atoms in total. The number of alkyl halides is 3. The molecule has 0 unspecified atom stereocenters. The number of nitrogens with one attached hydrogen (secondary N) is 1. The summed E-state index contributed by atoms with van der Waals surface area (Å²) >= 11 is 10.00. The van der Waals surface area contributed by atoms with E-state index < -0.39 is 51.8 Å². The third-order valence-corrected chi connectivity index (χ3v) is 5.98. The molecule has 0 aliphatic heterocycles. The van der Waals surface area contributed by atoms with Crippen LogP contribution in [0.3, 0.4) is 0 Å². The minimum atomic E-state index is -4.82. The number of hydrogen-bond donors (Lipinski definition) is 3. The molecular formula is C23H20ClF5N4O3S. The van der Waals surface area contributed by atoms with Crippen LogP contribution in [0.4, 0.5) is 27.6 Å². The second-order valence-corrected chi connectivity index (χ2v) is 9.91. The van der Waals surface area contributed by atoms with Gasteiger partial charge in [-0.15, -0.1) is 12.6 Å². The molecule has 1 saturated carbocycles. The first-order valence-corrected chi connectivity index (χ1v) is 11.7. The summed E-state index contributed by atoms with van der Waals surface area (Å²) < 4.78 is 75.6. The maximum absolute atomic E-state index is 15.3. The van der Waals surface area contributed by atoms with Gasteiger partial charge in [0.05, 0.1) is 27.9 Å². The molecule has 1 fully saturated rings. The van der Waals surface area contributed by atoms with Crippen LogP contribution in [0.5, 0.6) is 5.75 Å². The number of hydrogen-bond acceptors (Lipinski definition) is 6. The topological polar surface area (TPSA) is 89.3 Å². The second kappa shape index (κ2) is 9.76. The molecule has 1 aromatic heterocycles. The molecule has 2 N–H and O–H groups in total. The quantitative estimate of drug-likeness (QED) is 0.190. The Balaban J connectivity index is 1.80. The predicted molar refractivity (Wildman–Crippen MR) is 128 cm³/mol. The smallest absolute Gasteiger partial charge is 0.425 e. The number of aliphatic hydroxyl groups is 1. The number of halogens is 6. The maximum Gasteiger partial charge on any atom is 0.425 e. The van der Waals surface area contributed by atoms with Gasteiger partial charge < -0.3 is 15.2 Å². The van der Waals surface area contributed by atoms with Crippen molar-refractivity contribution in [2.45, 2.75) is 49.9 Å². The van der Waals surface area contributed by atoms with E-state index in [4.69, 9.17) is 16.3 Å². The number of amides is 1. The average molecular weight is 563 g/mol. The van der Waals surface area contributed by atoms with Gasteiger partial charge in [-0.25, -0.2) is 18.4 Å². The summed E-state index contributed by atoms with van der Waals surface area (Å²) in [6.45, 7) is 2.04. The Labute approximate surface area is 218 Å². The van der Waals surface area contributed by atoms with Crippen molar-refractivity contribution < 1.29 is 36.6 Å². The SMILES string of the molecule is C[C@H](Oc1cc(-c2nc([C@@](C)(O)S)n(C3CC3)n2)c(F)cc1C(=O)Nc1c(F)cccc1Cl)C(F)(F)F. The Hall–Kier alpha value is -2.90. The summed E-state index contributed by atoms with van der Waals surface area (Å²) in [6, 6.07) is 4.95. The van der Waals surface area contributed by atoms with E-state index in [2.05, 4.69) is 28.0 Å². The summed E-state index contributed by atoms with van der Waals surface area (Å²) in [5.74, 6) is -4.07. The minimum Gasteiger partial charge on any atom is -0.480 e. The first-order valence-electron chi connectivity index (χ1n) is 10.9. The van der Waals surface area contributed by atoms with Crippen molar-refractivity contribution in [1.82, 2.24) is 14.8 Å². The van der Waals surface area contributed by atoms with E-state index in [1.165, 1.54) is 23.7 Å². The number of rotatable bonds is 7. The van der Waals surface area contributed by atoms with Gasteiger partial charge in [-0.2, -0.15) is 18.3 Å². The molecule has 2 aromatic carbocycles. The molecule has 37 heavy (non-hydrogen) atoms. The average Bonchev–Trinajstić information content (AvgIpc) is 3.53. The van der Waals surface area contributed by atoms with Gasteiger partial charge in [0.2, 0.25) is 0 Å². The molecule has 1 aliphatic carbocycles. The third kappa shape index (κ3) is 5.83. The van der Waals surface area contributed by atoms with E-state index in [0.717, 1.165) is 25.0 Å². The number of para-hydroxylation sites is 1. The summed E-state index contributed by atoms with van der Waals surface area (Å²) in [4.78, 5) is 15.3. The number of ether oxygens (including phenoxy) is 1.